The average Bonchev–Trinajstić information content (AvgIpc) is 2.31. The molecular weight excluding hydrogens is 256 g/mol. The summed E-state index contributed by atoms with van der Waals surface area (Å²) in [7, 11) is -1.75. The van der Waals surface area contributed by atoms with Gasteiger partial charge < -0.3 is 15.8 Å². The van der Waals surface area contributed by atoms with E-state index in [4.69, 9.17) is 10.5 Å². The molecule has 1 rings (SSSR count). The van der Waals surface area contributed by atoms with Gasteiger partial charge in [-0.2, -0.15) is 4.98 Å². The Bertz CT molecular complexity index is 490. The van der Waals surface area contributed by atoms with Crippen LogP contribution in [0.25, 0.3) is 0 Å². The van der Waals surface area contributed by atoms with E-state index >= 15 is 0 Å². The van der Waals surface area contributed by atoms with Crippen LogP contribution in [0.3, 0.4) is 0 Å². The van der Waals surface area contributed by atoms with Crippen molar-refractivity contribution in [3.63, 3.8) is 0 Å². The lowest BCUT2D eigenvalue weighted by Crippen LogP contribution is -2.29. The molecule has 0 unspecified atom stereocenters. The first-order chi connectivity index (χ1) is 8.48. The standard InChI is InChI=1S/C10H18N4O3S/c1-3-13-18(15,16)7-6-12-9-5-4-8(11)10(14-9)17-2/h4-5,13H,3,6-7,11H2,1-2H3,(H,12,14). The highest BCUT2D eigenvalue weighted by molar-refractivity contribution is 7.89. The van der Waals surface area contributed by atoms with E-state index in [-0.39, 0.29) is 12.3 Å². The van der Waals surface area contributed by atoms with Gasteiger partial charge in [0.1, 0.15) is 5.82 Å². The lowest BCUT2D eigenvalue weighted by molar-refractivity contribution is 0.401. The van der Waals surface area contributed by atoms with Gasteiger partial charge >= 0.3 is 0 Å². The van der Waals surface area contributed by atoms with Crippen LogP contribution in [0.5, 0.6) is 5.88 Å². The van der Waals surface area contributed by atoms with Crippen molar-refractivity contribution in [2.45, 2.75) is 6.92 Å². The van der Waals surface area contributed by atoms with Crippen LogP contribution in [0.1, 0.15) is 6.92 Å². The second kappa shape index (κ2) is 6.41. The number of ether oxygens (including phenoxy) is 1. The summed E-state index contributed by atoms with van der Waals surface area (Å²) in [6.07, 6.45) is 0. The topological polar surface area (TPSA) is 106 Å². The largest absolute Gasteiger partial charge is 0.479 e. The number of anilines is 2. The molecule has 18 heavy (non-hydrogen) atoms. The van der Waals surface area contributed by atoms with Gasteiger partial charge in [-0.15, -0.1) is 0 Å². The number of nitrogens with one attached hydrogen (secondary N) is 2. The smallest absolute Gasteiger partial charge is 0.238 e. The van der Waals surface area contributed by atoms with Crippen LogP contribution < -0.4 is 20.5 Å². The number of nitrogens with zero attached hydrogens (tertiary/aromatic N) is 1. The van der Waals surface area contributed by atoms with E-state index in [1.807, 2.05) is 0 Å². The summed E-state index contributed by atoms with van der Waals surface area (Å²) < 4.78 is 30.1. The van der Waals surface area contributed by atoms with Crippen molar-refractivity contribution in [2.24, 2.45) is 0 Å². The van der Waals surface area contributed by atoms with Crippen LogP contribution in [0.15, 0.2) is 12.1 Å². The van der Waals surface area contributed by atoms with Gasteiger partial charge in [0.15, 0.2) is 0 Å². The highest BCUT2D eigenvalue weighted by Crippen LogP contribution is 2.19. The number of methoxy groups -OCH3 is 1. The molecule has 0 spiro atoms. The quantitative estimate of drug-likeness (QED) is 0.647. The minimum absolute atomic E-state index is 0.0186. The van der Waals surface area contributed by atoms with Crippen LogP contribution in [0.4, 0.5) is 11.5 Å². The second-order valence-corrected chi connectivity index (χ2v) is 5.46. The maximum absolute atomic E-state index is 11.4. The van der Waals surface area contributed by atoms with Crippen molar-refractivity contribution in [1.82, 2.24) is 9.71 Å². The molecule has 0 saturated carbocycles. The molecular formula is C10H18N4O3S. The number of nitrogens with two attached hydrogens (primary N) is 1. The van der Waals surface area contributed by atoms with Gasteiger partial charge in [-0.05, 0) is 12.1 Å². The monoisotopic (exact) mass is 274 g/mol. The highest BCUT2D eigenvalue weighted by atomic mass is 32.2. The third-order valence-corrected chi connectivity index (χ3v) is 3.59. The van der Waals surface area contributed by atoms with Crippen LogP contribution in [0.2, 0.25) is 0 Å². The fourth-order valence-electron chi connectivity index (χ4n) is 1.32. The molecule has 7 nitrogen and oxygen atoms in total. The predicted molar refractivity (Wildman–Crippen MR) is 71.2 cm³/mol. The van der Waals surface area contributed by atoms with Crippen LogP contribution >= 0.6 is 0 Å². The molecule has 102 valence electrons. The number of hydrogen-bond acceptors (Lipinski definition) is 6. The van der Waals surface area contributed by atoms with Crippen molar-refractivity contribution in [3.8, 4) is 5.88 Å². The van der Waals surface area contributed by atoms with Gasteiger partial charge in [0, 0.05) is 13.1 Å². The number of sulfonamides is 1. The second-order valence-electron chi connectivity index (χ2n) is 3.54. The summed E-state index contributed by atoms with van der Waals surface area (Å²) in [6, 6.07) is 3.31. The van der Waals surface area contributed by atoms with E-state index in [1.54, 1.807) is 19.1 Å². The Morgan fingerprint density at radius 3 is 2.78 bits per heavy atom. The molecule has 0 aliphatic rings. The number of pyridine rings is 1. The number of rotatable bonds is 7. The van der Waals surface area contributed by atoms with Gasteiger partial charge in [-0.25, -0.2) is 13.1 Å². The Balaban J connectivity index is 2.54. The average molecular weight is 274 g/mol. The van der Waals surface area contributed by atoms with E-state index < -0.39 is 10.0 Å². The van der Waals surface area contributed by atoms with Crippen molar-refractivity contribution in [3.05, 3.63) is 12.1 Å². The fraction of sp³-hybridized carbons (Fsp3) is 0.500. The molecule has 1 heterocycles. The number of aromatic nitrogens is 1. The van der Waals surface area contributed by atoms with Crippen LogP contribution in [0, 0.1) is 0 Å². The van der Waals surface area contributed by atoms with E-state index in [0.29, 0.717) is 23.9 Å². The molecule has 0 aromatic carbocycles. The lowest BCUT2D eigenvalue weighted by Gasteiger charge is -2.09. The molecule has 0 aliphatic carbocycles. The first kappa shape index (κ1) is 14.5. The molecule has 4 N–H and O–H groups in total. The van der Waals surface area contributed by atoms with E-state index in [2.05, 4.69) is 15.0 Å². The maximum Gasteiger partial charge on any atom is 0.238 e. The summed E-state index contributed by atoms with van der Waals surface area (Å²) in [5, 5.41) is 2.90. The third kappa shape index (κ3) is 4.38. The molecule has 0 saturated heterocycles. The molecule has 8 heteroatoms. The SMILES string of the molecule is CCNS(=O)(=O)CCNc1ccc(N)c(OC)n1. The van der Waals surface area contributed by atoms with Crippen molar-refractivity contribution in [1.29, 1.82) is 0 Å². The molecule has 0 aliphatic heterocycles. The Labute approximate surface area is 107 Å². The van der Waals surface area contributed by atoms with Gasteiger partial charge in [-0.1, -0.05) is 6.92 Å². The third-order valence-electron chi connectivity index (χ3n) is 2.12. The van der Waals surface area contributed by atoms with Gasteiger partial charge in [0.2, 0.25) is 15.9 Å². The Hall–Kier alpha value is -1.54. The van der Waals surface area contributed by atoms with Crippen molar-refractivity contribution >= 4 is 21.5 Å². The maximum atomic E-state index is 11.4. The van der Waals surface area contributed by atoms with E-state index in [9.17, 15) is 8.42 Å². The minimum Gasteiger partial charge on any atom is -0.479 e. The van der Waals surface area contributed by atoms with Crippen molar-refractivity contribution < 1.29 is 13.2 Å². The molecule has 0 fully saturated rings. The van der Waals surface area contributed by atoms with Crippen LogP contribution in [-0.2, 0) is 10.0 Å². The van der Waals surface area contributed by atoms with E-state index in [1.165, 1.54) is 7.11 Å². The molecule has 0 radical (unpaired) electrons. The Morgan fingerprint density at radius 1 is 1.44 bits per heavy atom. The highest BCUT2D eigenvalue weighted by Gasteiger charge is 2.08. The summed E-state index contributed by atoms with van der Waals surface area (Å²) >= 11 is 0. The first-order valence-corrected chi connectivity index (χ1v) is 7.15. The van der Waals surface area contributed by atoms with E-state index in [0.717, 1.165) is 0 Å². The molecule has 0 bridgehead atoms. The zero-order chi connectivity index (χ0) is 13.6. The normalized spacial score (nSPS) is 11.2. The fourth-order valence-corrected chi connectivity index (χ4v) is 2.27. The van der Waals surface area contributed by atoms with Crippen LogP contribution in [-0.4, -0.2) is 39.4 Å². The zero-order valence-electron chi connectivity index (χ0n) is 10.4. The van der Waals surface area contributed by atoms with Gasteiger partial charge in [-0.3, -0.25) is 0 Å². The minimum atomic E-state index is -3.22. The summed E-state index contributed by atoms with van der Waals surface area (Å²) in [5.74, 6) is 0.817. The predicted octanol–water partition coefficient (Wildman–Crippen LogP) is 0.0236. The lowest BCUT2D eigenvalue weighted by atomic mass is 10.4. The zero-order valence-corrected chi connectivity index (χ0v) is 11.3. The summed E-state index contributed by atoms with van der Waals surface area (Å²) in [6.45, 7) is 2.38. The molecule has 0 atom stereocenters. The Morgan fingerprint density at radius 2 is 2.17 bits per heavy atom. The summed E-state index contributed by atoms with van der Waals surface area (Å²) in [5.41, 5.74) is 6.05. The molecule has 1 aromatic heterocycles. The Kier molecular flexibility index (Phi) is 5.17. The summed E-state index contributed by atoms with van der Waals surface area (Å²) in [4.78, 5) is 4.08. The number of nitrogen functional groups attached to an aromatic ring is 1. The van der Waals surface area contributed by atoms with Crippen molar-refractivity contribution in [2.75, 3.05) is 37.0 Å². The first-order valence-electron chi connectivity index (χ1n) is 5.50. The van der Waals surface area contributed by atoms with Gasteiger partial charge in [0.25, 0.3) is 0 Å². The molecule has 1 aromatic rings. The molecule has 0 amide bonds. The number of hydrogen-bond donors (Lipinski definition) is 3. The van der Waals surface area contributed by atoms with Gasteiger partial charge in [0.05, 0.1) is 18.6 Å².